The summed E-state index contributed by atoms with van der Waals surface area (Å²) in [6, 6.07) is 16.2. The molecule has 1 fully saturated rings. The number of rotatable bonds is 7. The van der Waals surface area contributed by atoms with Crippen LogP contribution in [0.15, 0.2) is 61.2 Å². The first-order valence-electron chi connectivity index (χ1n) is 10.6. The molecule has 1 aromatic heterocycles. The van der Waals surface area contributed by atoms with Gasteiger partial charge in [-0.25, -0.2) is 14.5 Å². The fraction of sp³-hybridized carbons (Fsp3) is 0.348. The molecule has 0 atom stereocenters. The number of urea groups is 1. The number of para-hydroxylation sites is 2. The summed E-state index contributed by atoms with van der Waals surface area (Å²) in [7, 11) is 0. The van der Waals surface area contributed by atoms with Crippen molar-refractivity contribution in [3.63, 3.8) is 0 Å². The number of carbonyl (C=O) groups excluding carboxylic acids is 1. The molecule has 2 aromatic carbocycles. The summed E-state index contributed by atoms with van der Waals surface area (Å²) >= 11 is 0. The molecule has 162 valence electrons. The molecule has 1 N–H and O–H groups in total. The maximum atomic E-state index is 12.7. The van der Waals surface area contributed by atoms with Crippen LogP contribution in [0.4, 0.5) is 10.5 Å². The summed E-state index contributed by atoms with van der Waals surface area (Å²) in [6.07, 6.45) is 3.22. The lowest BCUT2D eigenvalue weighted by atomic mass is 10.1. The summed E-state index contributed by atoms with van der Waals surface area (Å²) in [5, 5.41) is 7.19. The molecule has 3 aromatic rings. The number of piperazine rings is 1. The van der Waals surface area contributed by atoms with E-state index in [0.29, 0.717) is 32.8 Å². The highest BCUT2D eigenvalue weighted by atomic mass is 16.5. The van der Waals surface area contributed by atoms with Crippen molar-refractivity contribution >= 4 is 11.7 Å². The number of nitrogens with zero attached hydrogens (tertiary/aromatic N) is 5. The average molecular weight is 421 g/mol. The number of carbonyl (C=O) groups is 1. The van der Waals surface area contributed by atoms with Crippen LogP contribution in [0, 0.1) is 0 Å². The van der Waals surface area contributed by atoms with E-state index >= 15 is 0 Å². The summed E-state index contributed by atoms with van der Waals surface area (Å²) in [6.45, 7) is 6.71. The summed E-state index contributed by atoms with van der Waals surface area (Å²) in [5.41, 5.74) is 3.28. The predicted octanol–water partition coefficient (Wildman–Crippen LogP) is 2.76. The summed E-state index contributed by atoms with van der Waals surface area (Å²) in [4.78, 5) is 20.8. The molecule has 0 saturated carbocycles. The SMILES string of the molecule is CCOc1ccccc1N1CCN(C(=O)NCc2cccc(Cn3cncn3)c2)CC1. The van der Waals surface area contributed by atoms with Crippen LogP contribution >= 0.6 is 0 Å². The maximum absolute atomic E-state index is 12.7. The molecule has 1 aliphatic rings. The third kappa shape index (κ3) is 5.33. The maximum Gasteiger partial charge on any atom is 0.317 e. The Bertz CT molecular complexity index is 983. The fourth-order valence-electron chi connectivity index (χ4n) is 3.78. The minimum Gasteiger partial charge on any atom is -0.492 e. The van der Waals surface area contributed by atoms with E-state index in [1.165, 1.54) is 6.33 Å². The van der Waals surface area contributed by atoms with Gasteiger partial charge in [-0.05, 0) is 30.2 Å². The van der Waals surface area contributed by atoms with Crippen LogP contribution < -0.4 is 15.0 Å². The standard InChI is InChI=1S/C23H28N6O2/c1-2-31-22-9-4-3-8-21(22)27-10-12-28(13-11-27)23(30)25-15-19-6-5-7-20(14-19)16-29-18-24-17-26-29/h3-9,14,17-18H,2,10-13,15-16H2,1H3,(H,25,30). The molecule has 31 heavy (non-hydrogen) atoms. The highest BCUT2D eigenvalue weighted by Gasteiger charge is 2.22. The monoisotopic (exact) mass is 420 g/mol. The van der Waals surface area contributed by atoms with E-state index in [4.69, 9.17) is 4.74 Å². The van der Waals surface area contributed by atoms with Gasteiger partial charge in [0.05, 0.1) is 18.8 Å². The van der Waals surface area contributed by atoms with Crippen molar-refractivity contribution < 1.29 is 9.53 Å². The van der Waals surface area contributed by atoms with Gasteiger partial charge in [0.2, 0.25) is 0 Å². The van der Waals surface area contributed by atoms with E-state index in [2.05, 4.69) is 32.4 Å². The van der Waals surface area contributed by atoms with Crippen molar-refractivity contribution in [2.75, 3.05) is 37.7 Å². The lowest BCUT2D eigenvalue weighted by Crippen LogP contribution is -2.51. The van der Waals surface area contributed by atoms with Crippen molar-refractivity contribution in [1.82, 2.24) is 25.0 Å². The smallest absolute Gasteiger partial charge is 0.317 e. The van der Waals surface area contributed by atoms with Crippen LogP contribution in [0.2, 0.25) is 0 Å². The van der Waals surface area contributed by atoms with Crippen molar-refractivity contribution in [3.05, 3.63) is 72.3 Å². The molecule has 8 nitrogen and oxygen atoms in total. The quantitative estimate of drug-likeness (QED) is 0.636. The Morgan fingerprint density at radius 2 is 1.87 bits per heavy atom. The highest BCUT2D eigenvalue weighted by molar-refractivity contribution is 5.74. The molecular formula is C23H28N6O2. The highest BCUT2D eigenvalue weighted by Crippen LogP contribution is 2.28. The van der Waals surface area contributed by atoms with Crippen LogP contribution in [0.5, 0.6) is 5.75 Å². The number of anilines is 1. The van der Waals surface area contributed by atoms with Crippen LogP contribution in [0.25, 0.3) is 0 Å². The molecule has 0 spiro atoms. The van der Waals surface area contributed by atoms with E-state index in [0.717, 1.165) is 35.7 Å². The van der Waals surface area contributed by atoms with Crippen LogP contribution in [0.3, 0.4) is 0 Å². The van der Waals surface area contributed by atoms with E-state index in [-0.39, 0.29) is 6.03 Å². The number of benzene rings is 2. The zero-order valence-corrected chi connectivity index (χ0v) is 17.8. The Labute approximate surface area is 182 Å². The minimum absolute atomic E-state index is 0.0283. The van der Waals surface area contributed by atoms with E-state index < -0.39 is 0 Å². The molecule has 0 radical (unpaired) electrons. The Kier molecular flexibility index (Phi) is 6.66. The topological polar surface area (TPSA) is 75.5 Å². The molecular weight excluding hydrogens is 392 g/mol. The van der Waals surface area contributed by atoms with Crippen molar-refractivity contribution in [1.29, 1.82) is 0 Å². The zero-order valence-electron chi connectivity index (χ0n) is 17.8. The number of amides is 2. The van der Waals surface area contributed by atoms with E-state index in [1.807, 2.05) is 48.2 Å². The Balaban J connectivity index is 1.28. The van der Waals surface area contributed by atoms with Gasteiger partial charge in [-0.15, -0.1) is 0 Å². The van der Waals surface area contributed by atoms with Crippen molar-refractivity contribution in [3.8, 4) is 5.75 Å². The number of ether oxygens (including phenoxy) is 1. The molecule has 1 aliphatic heterocycles. The first kappa shape index (κ1) is 20.7. The van der Waals surface area contributed by atoms with Crippen LogP contribution in [0.1, 0.15) is 18.1 Å². The van der Waals surface area contributed by atoms with Gasteiger partial charge in [-0.1, -0.05) is 36.4 Å². The van der Waals surface area contributed by atoms with Gasteiger partial charge >= 0.3 is 6.03 Å². The zero-order chi connectivity index (χ0) is 21.5. The summed E-state index contributed by atoms with van der Waals surface area (Å²) < 4.78 is 7.53. The molecule has 0 aliphatic carbocycles. The molecule has 2 amide bonds. The first-order valence-corrected chi connectivity index (χ1v) is 10.6. The molecule has 0 bridgehead atoms. The second-order valence-corrected chi connectivity index (χ2v) is 7.45. The Morgan fingerprint density at radius 1 is 1.06 bits per heavy atom. The Morgan fingerprint density at radius 3 is 2.65 bits per heavy atom. The third-order valence-corrected chi connectivity index (χ3v) is 5.32. The molecule has 8 heteroatoms. The van der Waals surface area contributed by atoms with Crippen molar-refractivity contribution in [2.24, 2.45) is 0 Å². The number of nitrogens with one attached hydrogen (secondary N) is 1. The molecule has 0 unspecified atom stereocenters. The summed E-state index contributed by atoms with van der Waals surface area (Å²) in [5.74, 6) is 0.897. The van der Waals surface area contributed by atoms with Gasteiger partial charge in [0.1, 0.15) is 18.4 Å². The van der Waals surface area contributed by atoms with Crippen LogP contribution in [-0.4, -0.2) is 58.5 Å². The number of aromatic nitrogens is 3. The third-order valence-electron chi connectivity index (χ3n) is 5.32. The van der Waals surface area contributed by atoms with Gasteiger partial charge in [-0.3, -0.25) is 0 Å². The van der Waals surface area contributed by atoms with Crippen LogP contribution in [-0.2, 0) is 13.1 Å². The van der Waals surface area contributed by atoms with Gasteiger partial charge in [0.25, 0.3) is 0 Å². The predicted molar refractivity (Wildman–Crippen MR) is 119 cm³/mol. The van der Waals surface area contributed by atoms with E-state index in [9.17, 15) is 4.79 Å². The number of hydrogen-bond donors (Lipinski definition) is 1. The Hall–Kier alpha value is -3.55. The molecule has 1 saturated heterocycles. The van der Waals surface area contributed by atoms with Gasteiger partial charge in [0.15, 0.2) is 0 Å². The largest absolute Gasteiger partial charge is 0.492 e. The second kappa shape index (κ2) is 9.97. The normalized spacial score (nSPS) is 13.8. The first-order chi connectivity index (χ1) is 15.2. The van der Waals surface area contributed by atoms with E-state index in [1.54, 1.807) is 11.0 Å². The van der Waals surface area contributed by atoms with Gasteiger partial charge in [0, 0.05) is 32.7 Å². The second-order valence-electron chi connectivity index (χ2n) is 7.45. The molecule has 2 heterocycles. The minimum atomic E-state index is -0.0283. The average Bonchev–Trinajstić information content (AvgIpc) is 3.31. The number of hydrogen-bond acceptors (Lipinski definition) is 5. The fourth-order valence-corrected chi connectivity index (χ4v) is 3.78. The van der Waals surface area contributed by atoms with Crippen molar-refractivity contribution in [2.45, 2.75) is 20.0 Å². The lowest BCUT2D eigenvalue weighted by Gasteiger charge is -2.36. The van der Waals surface area contributed by atoms with Gasteiger partial charge in [-0.2, -0.15) is 5.10 Å². The lowest BCUT2D eigenvalue weighted by molar-refractivity contribution is 0.194. The van der Waals surface area contributed by atoms with Gasteiger partial charge < -0.3 is 19.9 Å². The molecule has 4 rings (SSSR count).